The number of ether oxygens (including phenoxy) is 1. The van der Waals surface area contributed by atoms with Gasteiger partial charge in [0, 0.05) is 29.7 Å². The van der Waals surface area contributed by atoms with Gasteiger partial charge in [-0.25, -0.2) is 4.98 Å². The summed E-state index contributed by atoms with van der Waals surface area (Å²) in [5.41, 5.74) is 3.19. The van der Waals surface area contributed by atoms with Crippen LogP contribution >= 0.6 is 22.9 Å². The molecule has 0 saturated carbocycles. The molecule has 3 heterocycles. The summed E-state index contributed by atoms with van der Waals surface area (Å²) < 4.78 is 5.42. The fraction of sp³-hybridized carbons (Fsp3) is 0.250. The summed E-state index contributed by atoms with van der Waals surface area (Å²) in [6.07, 6.45) is 1.92. The smallest absolute Gasteiger partial charge is 0.230 e. The molecule has 2 aromatic heterocycles. The molecule has 1 saturated heterocycles. The number of pyridine rings is 1. The van der Waals surface area contributed by atoms with E-state index in [2.05, 4.69) is 20.2 Å². The van der Waals surface area contributed by atoms with Crippen LogP contribution in [0.15, 0.2) is 48.0 Å². The third-order valence-electron chi connectivity index (χ3n) is 4.36. The Balaban J connectivity index is 1.47. The van der Waals surface area contributed by atoms with Crippen LogP contribution in [0.4, 0.5) is 11.4 Å². The van der Waals surface area contributed by atoms with Crippen LogP contribution < -0.4 is 10.2 Å². The number of aromatic nitrogens is 2. The maximum atomic E-state index is 12.6. The topological polar surface area (TPSA) is 67.4 Å². The van der Waals surface area contributed by atoms with Crippen LogP contribution in [0.5, 0.6) is 0 Å². The quantitative estimate of drug-likeness (QED) is 0.686. The third kappa shape index (κ3) is 4.49. The molecule has 1 amide bonds. The molecule has 6 nitrogen and oxygen atoms in total. The monoisotopic (exact) mass is 414 g/mol. The summed E-state index contributed by atoms with van der Waals surface area (Å²) in [4.78, 5) is 23.7. The van der Waals surface area contributed by atoms with Gasteiger partial charge in [-0.1, -0.05) is 17.7 Å². The molecule has 1 fully saturated rings. The van der Waals surface area contributed by atoms with Crippen LogP contribution in [0.1, 0.15) is 5.69 Å². The first-order valence-electron chi connectivity index (χ1n) is 8.97. The normalized spacial score (nSPS) is 14.1. The number of morpholine rings is 1. The number of carbonyl (C=O) groups excluding carboxylic acids is 1. The van der Waals surface area contributed by atoms with E-state index in [1.54, 1.807) is 12.3 Å². The number of nitrogens with one attached hydrogen (secondary N) is 1. The Bertz CT molecular complexity index is 958. The van der Waals surface area contributed by atoms with Gasteiger partial charge in [-0.15, -0.1) is 11.3 Å². The molecule has 144 valence electrons. The van der Waals surface area contributed by atoms with E-state index < -0.39 is 0 Å². The van der Waals surface area contributed by atoms with Crippen LogP contribution in [-0.4, -0.2) is 42.2 Å². The molecule has 28 heavy (non-hydrogen) atoms. The molecule has 0 aliphatic carbocycles. The highest BCUT2D eigenvalue weighted by Crippen LogP contribution is 2.30. The molecule has 3 aromatic rings. The number of anilines is 2. The number of carbonyl (C=O) groups is 1. The Kier molecular flexibility index (Phi) is 5.85. The van der Waals surface area contributed by atoms with Crippen LogP contribution in [0, 0.1) is 0 Å². The number of nitrogens with zero attached hydrogens (tertiary/aromatic N) is 3. The predicted octanol–water partition coefficient (Wildman–Crippen LogP) is 3.88. The maximum Gasteiger partial charge on any atom is 0.230 e. The van der Waals surface area contributed by atoms with Gasteiger partial charge in [-0.3, -0.25) is 9.78 Å². The number of halogens is 1. The molecule has 0 atom stereocenters. The summed E-state index contributed by atoms with van der Waals surface area (Å²) in [5, 5.41) is 6.27. The highest BCUT2D eigenvalue weighted by molar-refractivity contribution is 7.13. The van der Waals surface area contributed by atoms with Gasteiger partial charge >= 0.3 is 0 Å². The largest absolute Gasteiger partial charge is 0.378 e. The lowest BCUT2D eigenvalue weighted by molar-refractivity contribution is -0.115. The molecule has 0 bridgehead atoms. The first kappa shape index (κ1) is 18.9. The summed E-state index contributed by atoms with van der Waals surface area (Å²) in [5.74, 6) is -0.130. The van der Waals surface area contributed by atoms with E-state index in [0.29, 0.717) is 23.9 Å². The predicted molar refractivity (Wildman–Crippen MR) is 112 cm³/mol. The van der Waals surface area contributed by atoms with Gasteiger partial charge in [-0.05, 0) is 30.3 Å². The number of benzene rings is 1. The zero-order valence-electron chi connectivity index (χ0n) is 15.1. The first-order chi connectivity index (χ1) is 13.7. The summed E-state index contributed by atoms with van der Waals surface area (Å²) in [7, 11) is 0. The second-order valence-electron chi connectivity index (χ2n) is 6.34. The fourth-order valence-corrected chi connectivity index (χ4v) is 4.01. The van der Waals surface area contributed by atoms with E-state index in [0.717, 1.165) is 35.2 Å². The van der Waals surface area contributed by atoms with E-state index in [1.807, 2.05) is 35.7 Å². The average molecular weight is 415 g/mol. The second-order valence-corrected chi connectivity index (χ2v) is 7.64. The number of rotatable bonds is 5. The number of hydrogen-bond donors (Lipinski definition) is 1. The van der Waals surface area contributed by atoms with Gasteiger partial charge in [0.15, 0.2) is 0 Å². The number of hydrogen-bond acceptors (Lipinski definition) is 6. The van der Waals surface area contributed by atoms with Crippen molar-refractivity contribution in [1.82, 2.24) is 9.97 Å². The van der Waals surface area contributed by atoms with Crippen LogP contribution in [0.25, 0.3) is 10.7 Å². The number of amides is 1. The van der Waals surface area contributed by atoms with Gasteiger partial charge in [0.25, 0.3) is 0 Å². The summed E-state index contributed by atoms with van der Waals surface area (Å²) in [6, 6.07) is 11.2. The SMILES string of the molecule is O=C(Cc1csc(-c2ccccn2)n1)Nc1cc(Cl)ccc1N1CCOCC1. The Labute approximate surface area is 172 Å². The van der Waals surface area contributed by atoms with Crippen molar-refractivity contribution in [2.24, 2.45) is 0 Å². The molecular weight excluding hydrogens is 396 g/mol. The highest BCUT2D eigenvalue weighted by Gasteiger charge is 2.17. The van der Waals surface area contributed by atoms with Crippen molar-refractivity contribution >= 4 is 40.2 Å². The standard InChI is InChI=1S/C20H19ClN4O2S/c21-14-4-5-18(25-7-9-27-10-8-25)17(11-14)24-19(26)12-15-13-28-20(23-15)16-3-1-2-6-22-16/h1-6,11,13H,7-10,12H2,(H,24,26). The van der Waals surface area contributed by atoms with Crippen molar-refractivity contribution in [3.8, 4) is 10.7 Å². The van der Waals surface area contributed by atoms with Crippen LogP contribution in [-0.2, 0) is 16.0 Å². The van der Waals surface area contributed by atoms with Gasteiger partial charge in [0.1, 0.15) is 5.01 Å². The lowest BCUT2D eigenvalue weighted by Gasteiger charge is -2.30. The molecule has 1 aliphatic rings. The molecule has 0 spiro atoms. The van der Waals surface area contributed by atoms with Crippen molar-refractivity contribution in [2.75, 3.05) is 36.5 Å². The van der Waals surface area contributed by atoms with E-state index in [-0.39, 0.29) is 12.3 Å². The Morgan fingerprint density at radius 2 is 2.11 bits per heavy atom. The maximum absolute atomic E-state index is 12.6. The molecule has 1 aromatic carbocycles. The van der Waals surface area contributed by atoms with E-state index in [1.165, 1.54) is 11.3 Å². The third-order valence-corrected chi connectivity index (χ3v) is 5.51. The summed E-state index contributed by atoms with van der Waals surface area (Å²) >= 11 is 7.64. The fourth-order valence-electron chi connectivity index (χ4n) is 3.04. The lowest BCUT2D eigenvalue weighted by atomic mass is 10.2. The van der Waals surface area contributed by atoms with Gasteiger partial charge < -0.3 is 15.0 Å². The van der Waals surface area contributed by atoms with Crippen molar-refractivity contribution in [1.29, 1.82) is 0 Å². The Morgan fingerprint density at radius 3 is 2.89 bits per heavy atom. The van der Waals surface area contributed by atoms with E-state index in [4.69, 9.17) is 16.3 Å². The van der Waals surface area contributed by atoms with Gasteiger partial charge in [0.2, 0.25) is 5.91 Å². The minimum atomic E-state index is -0.130. The van der Waals surface area contributed by atoms with Gasteiger partial charge in [-0.2, -0.15) is 0 Å². The lowest BCUT2D eigenvalue weighted by Crippen LogP contribution is -2.36. The van der Waals surface area contributed by atoms with Gasteiger partial charge in [0.05, 0.1) is 42.4 Å². The van der Waals surface area contributed by atoms with E-state index in [9.17, 15) is 4.79 Å². The summed E-state index contributed by atoms with van der Waals surface area (Å²) in [6.45, 7) is 2.91. The van der Waals surface area contributed by atoms with E-state index >= 15 is 0 Å². The molecule has 1 aliphatic heterocycles. The second kappa shape index (κ2) is 8.68. The molecule has 0 radical (unpaired) electrons. The Morgan fingerprint density at radius 1 is 1.25 bits per heavy atom. The van der Waals surface area contributed by atoms with Crippen molar-refractivity contribution in [3.63, 3.8) is 0 Å². The van der Waals surface area contributed by atoms with Crippen molar-refractivity contribution < 1.29 is 9.53 Å². The minimum Gasteiger partial charge on any atom is -0.378 e. The molecule has 4 rings (SSSR count). The van der Waals surface area contributed by atoms with Crippen LogP contribution in [0.2, 0.25) is 5.02 Å². The zero-order valence-corrected chi connectivity index (χ0v) is 16.7. The molecule has 8 heteroatoms. The average Bonchev–Trinajstić information content (AvgIpc) is 3.18. The minimum absolute atomic E-state index is 0.130. The molecule has 0 unspecified atom stereocenters. The van der Waals surface area contributed by atoms with Crippen molar-refractivity contribution in [3.05, 3.63) is 58.7 Å². The Hall–Kier alpha value is -2.48. The van der Waals surface area contributed by atoms with Crippen LogP contribution in [0.3, 0.4) is 0 Å². The van der Waals surface area contributed by atoms with Crippen molar-refractivity contribution in [2.45, 2.75) is 6.42 Å². The first-order valence-corrected chi connectivity index (χ1v) is 10.2. The highest BCUT2D eigenvalue weighted by atomic mass is 35.5. The number of thiazole rings is 1. The molecular formula is C20H19ClN4O2S. The zero-order chi connectivity index (χ0) is 19.3. The molecule has 1 N–H and O–H groups in total.